The number of aromatic nitrogens is 2. The van der Waals surface area contributed by atoms with Gasteiger partial charge in [-0.3, -0.25) is 0 Å². The SMILES string of the molecule is Nc1nc[nH]c1C12CC3CC(CC(C3)C1)C2. The zero-order chi connectivity index (χ0) is 10.8. The van der Waals surface area contributed by atoms with E-state index in [1.165, 1.54) is 44.2 Å². The van der Waals surface area contributed by atoms with Gasteiger partial charge < -0.3 is 10.7 Å². The summed E-state index contributed by atoms with van der Waals surface area (Å²) in [4.78, 5) is 7.52. The first-order valence-electron chi connectivity index (χ1n) is 6.54. The molecule has 4 aliphatic rings. The average Bonchev–Trinajstić information content (AvgIpc) is 2.62. The van der Waals surface area contributed by atoms with Crippen molar-refractivity contribution in [3.8, 4) is 0 Å². The minimum absolute atomic E-state index is 0.370. The zero-order valence-corrected chi connectivity index (χ0v) is 9.58. The number of imidazole rings is 1. The van der Waals surface area contributed by atoms with Crippen LogP contribution in [0.25, 0.3) is 0 Å². The standard InChI is InChI=1S/C13H19N3/c14-12-11(15-7-16-12)13-4-8-1-9(5-13)3-10(2-8)6-13/h7-10H,1-6,14H2,(H,15,16). The van der Waals surface area contributed by atoms with Gasteiger partial charge in [-0.2, -0.15) is 0 Å². The van der Waals surface area contributed by atoms with E-state index in [2.05, 4.69) is 9.97 Å². The number of nitrogens with zero attached hydrogens (tertiary/aromatic N) is 1. The van der Waals surface area contributed by atoms with Gasteiger partial charge >= 0.3 is 0 Å². The van der Waals surface area contributed by atoms with Crippen molar-refractivity contribution < 1.29 is 0 Å². The molecule has 1 heterocycles. The Morgan fingerprint density at radius 3 is 2.12 bits per heavy atom. The Kier molecular flexibility index (Phi) is 1.60. The number of H-pyrrole nitrogens is 1. The molecule has 3 N–H and O–H groups in total. The summed E-state index contributed by atoms with van der Waals surface area (Å²) < 4.78 is 0. The molecule has 0 spiro atoms. The highest BCUT2D eigenvalue weighted by Crippen LogP contribution is 2.60. The summed E-state index contributed by atoms with van der Waals surface area (Å²) in [5.74, 6) is 3.65. The molecule has 1 aromatic heterocycles. The summed E-state index contributed by atoms with van der Waals surface area (Å²) >= 11 is 0. The van der Waals surface area contributed by atoms with Crippen LogP contribution in [-0.2, 0) is 5.41 Å². The van der Waals surface area contributed by atoms with Crippen molar-refractivity contribution in [2.24, 2.45) is 17.8 Å². The van der Waals surface area contributed by atoms with E-state index in [0.29, 0.717) is 5.41 Å². The predicted molar refractivity (Wildman–Crippen MR) is 62.9 cm³/mol. The average molecular weight is 217 g/mol. The van der Waals surface area contributed by atoms with Gasteiger partial charge in [0.15, 0.2) is 0 Å². The molecule has 0 atom stereocenters. The number of rotatable bonds is 1. The maximum atomic E-state index is 6.02. The molecule has 0 unspecified atom stereocenters. The highest BCUT2D eigenvalue weighted by atomic mass is 15.0. The fourth-order valence-electron chi connectivity index (χ4n) is 5.15. The lowest BCUT2D eigenvalue weighted by Crippen LogP contribution is -2.49. The summed E-state index contributed by atoms with van der Waals surface area (Å²) in [7, 11) is 0. The van der Waals surface area contributed by atoms with Crippen LogP contribution in [0.4, 0.5) is 5.82 Å². The van der Waals surface area contributed by atoms with Crippen molar-refractivity contribution in [1.29, 1.82) is 0 Å². The molecule has 0 amide bonds. The predicted octanol–water partition coefficient (Wildman–Crippen LogP) is 2.46. The first-order chi connectivity index (χ1) is 7.75. The molecule has 0 radical (unpaired) electrons. The zero-order valence-electron chi connectivity index (χ0n) is 9.58. The number of nitrogens with one attached hydrogen (secondary N) is 1. The second kappa shape index (κ2) is 2.82. The lowest BCUT2D eigenvalue weighted by Gasteiger charge is -2.56. The molecule has 4 aliphatic carbocycles. The van der Waals surface area contributed by atoms with Crippen LogP contribution in [0.2, 0.25) is 0 Å². The Bertz CT molecular complexity index is 385. The van der Waals surface area contributed by atoms with E-state index in [0.717, 1.165) is 23.6 Å². The molecule has 0 saturated heterocycles. The van der Waals surface area contributed by atoms with E-state index < -0.39 is 0 Å². The van der Waals surface area contributed by atoms with E-state index in [-0.39, 0.29) is 0 Å². The largest absolute Gasteiger partial charge is 0.382 e. The van der Waals surface area contributed by atoms with Gasteiger partial charge in [0.1, 0.15) is 5.82 Å². The van der Waals surface area contributed by atoms with Crippen molar-refractivity contribution in [3.63, 3.8) is 0 Å². The number of hydrogen-bond acceptors (Lipinski definition) is 2. The molecule has 5 rings (SSSR count). The van der Waals surface area contributed by atoms with Crippen LogP contribution in [0.5, 0.6) is 0 Å². The van der Waals surface area contributed by atoms with Crippen molar-refractivity contribution >= 4 is 5.82 Å². The lowest BCUT2D eigenvalue weighted by atomic mass is 9.49. The van der Waals surface area contributed by atoms with Crippen LogP contribution in [0.1, 0.15) is 44.2 Å². The number of anilines is 1. The number of nitrogen functional groups attached to an aromatic ring is 1. The first-order valence-corrected chi connectivity index (χ1v) is 6.54. The molecule has 4 bridgehead atoms. The van der Waals surface area contributed by atoms with E-state index >= 15 is 0 Å². The summed E-state index contributed by atoms with van der Waals surface area (Å²) in [6.07, 6.45) is 10.3. The minimum Gasteiger partial charge on any atom is -0.382 e. The van der Waals surface area contributed by atoms with E-state index in [1.807, 2.05) is 0 Å². The van der Waals surface area contributed by atoms with E-state index in [1.54, 1.807) is 6.33 Å². The summed E-state index contributed by atoms with van der Waals surface area (Å²) in [5.41, 5.74) is 7.65. The van der Waals surface area contributed by atoms with Crippen molar-refractivity contribution in [2.75, 3.05) is 5.73 Å². The highest BCUT2D eigenvalue weighted by Gasteiger charge is 2.52. The molecule has 16 heavy (non-hydrogen) atoms. The van der Waals surface area contributed by atoms with Crippen LogP contribution < -0.4 is 5.73 Å². The van der Waals surface area contributed by atoms with Crippen LogP contribution in [0.15, 0.2) is 6.33 Å². The van der Waals surface area contributed by atoms with Crippen molar-refractivity contribution in [1.82, 2.24) is 9.97 Å². The maximum Gasteiger partial charge on any atom is 0.145 e. The fraction of sp³-hybridized carbons (Fsp3) is 0.769. The maximum absolute atomic E-state index is 6.02. The Balaban J connectivity index is 1.79. The minimum atomic E-state index is 0.370. The third kappa shape index (κ3) is 1.06. The Morgan fingerprint density at radius 1 is 1.12 bits per heavy atom. The second-order valence-electron chi connectivity index (χ2n) is 6.36. The third-order valence-electron chi connectivity index (χ3n) is 5.24. The number of nitrogens with two attached hydrogens (primary N) is 1. The van der Waals surface area contributed by atoms with Gasteiger partial charge in [-0.1, -0.05) is 0 Å². The quantitative estimate of drug-likeness (QED) is 0.759. The third-order valence-corrected chi connectivity index (χ3v) is 5.24. The first kappa shape index (κ1) is 9.08. The monoisotopic (exact) mass is 217 g/mol. The van der Waals surface area contributed by atoms with Gasteiger partial charge in [0.25, 0.3) is 0 Å². The van der Waals surface area contributed by atoms with Crippen molar-refractivity contribution in [2.45, 2.75) is 43.9 Å². The molecule has 4 saturated carbocycles. The van der Waals surface area contributed by atoms with Crippen LogP contribution >= 0.6 is 0 Å². The Morgan fingerprint density at radius 2 is 1.69 bits per heavy atom. The molecular weight excluding hydrogens is 198 g/mol. The Labute approximate surface area is 95.8 Å². The summed E-state index contributed by atoms with van der Waals surface area (Å²) in [5, 5.41) is 0. The molecule has 0 aliphatic heterocycles. The second-order valence-corrected chi connectivity index (χ2v) is 6.36. The molecule has 4 fully saturated rings. The van der Waals surface area contributed by atoms with Gasteiger partial charge in [-0.05, 0) is 56.3 Å². The van der Waals surface area contributed by atoms with Crippen LogP contribution in [0, 0.1) is 17.8 Å². The fourth-order valence-corrected chi connectivity index (χ4v) is 5.15. The van der Waals surface area contributed by atoms with Gasteiger partial charge in [0, 0.05) is 5.41 Å². The van der Waals surface area contributed by atoms with Gasteiger partial charge in [-0.15, -0.1) is 0 Å². The molecule has 3 nitrogen and oxygen atoms in total. The number of hydrogen-bond donors (Lipinski definition) is 2. The van der Waals surface area contributed by atoms with E-state index in [9.17, 15) is 0 Å². The topological polar surface area (TPSA) is 54.7 Å². The van der Waals surface area contributed by atoms with Gasteiger partial charge in [-0.25, -0.2) is 4.98 Å². The lowest BCUT2D eigenvalue weighted by molar-refractivity contribution is -0.00664. The van der Waals surface area contributed by atoms with Crippen molar-refractivity contribution in [3.05, 3.63) is 12.0 Å². The van der Waals surface area contributed by atoms with E-state index in [4.69, 9.17) is 5.73 Å². The van der Waals surface area contributed by atoms with Crippen LogP contribution in [-0.4, -0.2) is 9.97 Å². The summed E-state index contributed by atoms with van der Waals surface area (Å²) in [6.45, 7) is 0. The summed E-state index contributed by atoms with van der Waals surface area (Å²) in [6, 6.07) is 0. The molecule has 3 heteroatoms. The molecular formula is C13H19N3. The molecule has 0 aromatic carbocycles. The number of aromatic amines is 1. The van der Waals surface area contributed by atoms with Crippen LogP contribution in [0.3, 0.4) is 0 Å². The highest BCUT2D eigenvalue weighted by molar-refractivity contribution is 5.41. The van der Waals surface area contributed by atoms with Gasteiger partial charge in [0.2, 0.25) is 0 Å². The van der Waals surface area contributed by atoms with Gasteiger partial charge in [0.05, 0.1) is 12.0 Å². The molecule has 1 aromatic rings. The normalized spacial score (nSPS) is 45.1. The smallest absolute Gasteiger partial charge is 0.145 e. The molecule has 86 valence electrons. The Hall–Kier alpha value is -0.990.